The van der Waals surface area contributed by atoms with Crippen molar-refractivity contribution in [2.75, 3.05) is 0 Å². The minimum absolute atomic E-state index is 0.200. The van der Waals surface area contributed by atoms with Gasteiger partial charge in [0.2, 0.25) is 5.91 Å². The van der Waals surface area contributed by atoms with Gasteiger partial charge in [0.25, 0.3) is 0 Å². The second kappa shape index (κ2) is 8.65. The van der Waals surface area contributed by atoms with Gasteiger partial charge in [0.05, 0.1) is 12.2 Å². The Labute approximate surface area is 164 Å². The molecule has 0 spiro atoms. The van der Waals surface area contributed by atoms with Crippen LogP contribution in [0.5, 0.6) is 0 Å². The minimum atomic E-state index is -0.288. The highest BCUT2D eigenvalue weighted by atomic mass is 19.1. The fraction of sp³-hybridized carbons (Fsp3) is 0.217. The van der Waals surface area contributed by atoms with Gasteiger partial charge < -0.3 is 5.32 Å². The molecule has 0 bridgehead atoms. The molecule has 0 fully saturated rings. The van der Waals surface area contributed by atoms with Crippen molar-refractivity contribution < 1.29 is 9.18 Å². The van der Waals surface area contributed by atoms with Gasteiger partial charge in [-0.3, -0.25) is 9.48 Å². The summed E-state index contributed by atoms with van der Waals surface area (Å²) >= 11 is 0. The average molecular weight is 377 g/mol. The average Bonchev–Trinajstić information content (AvgIpc) is 2.94. The maximum atomic E-state index is 12.9. The Morgan fingerprint density at radius 1 is 1.04 bits per heavy atom. The Bertz CT molecular complexity index is 986. The topological polar surface area (TPSA) is 46.9 Å². The Morgan fingerprint density at radius 3 is 2.36 bits per heavy atom. The monoisotopic (exact) mass is 377 g/mol. The molecule has 0 aliphatic carbocycles. The number of aryl methyl sites for hydroxylation is 2. The van der Waals surface area contributed by atoms with E-state index < -0.39 is 0 Å². The Balaban J connectivity index is 1.64. The predicted molar refractivity (Wildman–Crippen MR) is 109 cm³/mol. The fourth-order valence-electron chi connectivity index (χ4n) is 2.98. The Morgan fingerprint density at radius 2 is 1.68 bits per heavy atom. The van der Waals surface area contributed by atoms with Crippen molar-refractivity contribution >= 4 is 12.0 Å². The van der Waals surface area contributed by atoms with Gasteiger partial charge in [-0.15, -0.1) is 0 Å². The van der Waals surface area contributed by atoms with Crippen molar-refractivity contribution in [3.05, 3.63) is 94.1 Å². The molecule has 1 N–H and O–H groups in total. The van der Waals surface area contributed by atoms with Gasteiger partial charge in [-0.05, 0) is 50.1 Å². The van der Waals surface area contributed by atoms with E-state index in [0.717, 1.165) is 22.5 Å². The minimum Gasteiger partial charge on any atom is -0.348 e. The molecule has 0 aliphatic rings. The molecule has 0 atom stereocenters. The van der Waals surface area contributed by atoms with Crippen molar-refractivity contribution in [2.45, 2.75) is 33.9 Å². The largest absolute Gasteiger partial charge is 0.348 e. The van der Waals surface area contributed by atoms with Gasteiger partial charge in [0.15, 0.2) is 0 Å². The quantitative estimate of drug-likeness (QED) is 0.650. The number of hydrogen-bond donors (Lipinski definition) is 1. The number of nitrogens with one attached hydrogen (secondary N) is 1. The van der Waals surface area contributed by atoms with E-state index in [1.807, 2.05) is 18.5 Å². The summed E-state index contributed by atoms with van der Waals surface area (Å²) in [6.45, 7) is 7.06. The molecule has 3 aromatic rings. The lowest BCUT2D eigenvalue weighted by Gasteiger charge is -2.05. The van der Waals surface area contributed by atoms with Crippen LogP contribution in [0.3, 0.4) is 0 Å². The van der Waals surface area contributed by atoms with Crippen molar-refractivity contribution in [3.8, 4) is 0 Å². The zero-order valence-corrected chi connectivity index (χ0v) is 16.4. The highest BCUT2D eigenvalue weighted by Crippen LogP contribution is 2.16. The van der Waals surface area contributed by atoms with Gasteiger partial charge in [0, 0.05) is 23.9 Å². The molecule has 1 heterocycles. The van der Waals surface area contributed by atoms with E-state index in [1.54, 1.807) is 18.2 Å². The second-order valence-electron chi connectivity index (χ2n) is 6.91. The van der Waals surface area contributed by atoms with Crippen LogP contribution in [0, 0.1) is 26.6 Å². The molecule has 1 aromatic heterocycles. The first-order valence-corrected chi connectivity index (χ1v) is 9.22. The molecule has 0 radical (unpaired) electrons. The molecular formula is C23H24FN3O. The number of aromatic nitrogens is 2. The first-order valence-electron chi connectivity index (χ1n) is 9.22. The molecule has 0 saturated carbocycles. The van der Waals surface area contributed by atoms with Gasteiger partial charge in [-0.1, -0.05) is 42.0 Å². The molecule has 0 saturated heterocycles. The summed E-state index contributed by atoms with van der Waals surface area (Å²) in [7, 11) is 0. The van der Waals surface area contributed by atoms with Crippen LogP contribution in [0.25, 0.3) is 6.08 Å². The molecule has 144 valence electrons. The van der Waals surface area contributed by atoms with E-state index in [4.69, 9.17) is 0 Å². The summed E-state index contributed by atoms with van der Waals surface area (Å²) < 4.78 is 14.9. The Hall–Kier alpha value is -3.21. The zero-order chi connectivity index (χ0) is 20.1. The lowest BCUT2D eigenvalue weighted by atomic mass is 10.1. The zero-order valence-electron chi connectivity index (χ0n) is 16.4. The first-order chi connectivity index (χ1) is 13.4. The van der Waals surface area contributed by atoms with E-state index in [9.17, 15) is 9.18 Å². The number of nitrogens with zero attached hydrogens (tertiary/aromatic N) is 2. The predicted octanol–water partition coefficient (Wildman–Crippen LogP) is 4.33. The second-order valence-corrected chi connectivity index (χ2v) is 6.91. The van der Waals surface area contributed by atoms with Crippen molar-refractivity contribution in [3.63, 3.8) is 0 Å². The normalized spacial score (nSPS) is 11.1. The summed E-state index contributed by atoms with van der Waals surface area (Å²) in [6.07, 6.45) is 3.31. The standard InChI is InChI=1S/C23H24FN3O/c1-16-4-6-20(7-5-16)15-27-18(3)22(17(2)26-27)12-13-23(28)25-14-19-8-10-21(24)11-9-19/h4-13H,14-15H2,1-3H3,(H,25,28)/b13-12+. The lowest BCUT2D eigenvalue weighted by molar-refractivity contribution is -0.116. The number of carbonyl (C=O) groups is 1. The van der Waals surface area contributed by atoms with E-state index in [2.05, 4.69) is 41.6 Å². The van der Waals surface area contributed by atoms with Crippen LogP contribution in [-0.2, 0) is 17.9 Å². The molecule has 1 amide bonds. The molecule has 2 aromatic carbocycles. The third-order valence-corrected chi connectivity index (χ3v) is 4.67. The fourth-order valence-corrected chi connectivity index (χ4v) is 2.98. The van der Waals surface area contributed by atoms with Crippen LogP contribution >= 0.6 is 0 Å². The molecule has 0 unspecified atom stereocenters. The van der Waals surface area contributed by atoms with Crippen LogP contribution in [0.15, 0.2) is 54.6 Å². The summed E-state index contributed by atoms with van der Waals surface area (Å²) in [5.74, 6) is -0.488. The van der Waals surface area contributed by atoms with Crippen LogP contribution in [0.4, 0.5) is 4.39 Å². The molecule has 4 nitrogen and oxygen atoms in total. The summed E-state index contributed by atoms with van der Waals surface area (Å²) in [5.41, 5.74) is 6.11. The van der Waals surface area contributed by atoms with Crippen molar-refractivity contribution in [1.82, 2.24) is 15.1 Å². The van der Waals surface area contributed by atoms with Crippen LogP contribution in [-0.4, -0.2) is 15.7 Å². The number of carbonyl (C=O) groups excluding carboxylic acids is 1. The lowest BCUT2D eigenvalue weighted by Crippen LogP contribution is -2.20. The summed E-state index contributed by atoms with van der Waals surface area (Å²) in [4.78, 5) is 12.1. The number of halogens is 1. The van der Waals surface area contributed by atoms with Gasteiger partial charge >= 0.3 is 0 Å². The number of benzene rings is 2. The van der Waals surface area contributed by atoms with E-state index in [0.29, 0.717) is 13.1 Å². The molecule has 5 heteroatoms. The third-order valence-electron chi connectivity index (χ3n) is 4.67. The maximum absolute atomic E-state index is 12.9. The van der Waals surface area contributed by atoms with Crippen LogP contribution < -0.4 is 5.32 Å². The van der Waals surface area contributed by atoms with Gasteiger partial charge in [-0.25, -0.2) is 4.39 Å². The molecule has 3 rings (SSSR count). The van der Waals surface area contributed by atoms with E-state index in [1.165, 1.54) is 29.3 Å². The van der Waals surface area contributed by atoms with Crippen molar-refractivity contribution in [2.24, 2.45) is 0 Å². The Kier molecular flexibility index (Phi) is 6.04. The number of amides is 1. The maximum Gasteiger partial charge on any atom is 0.244 e. The SMILES string of the molecule is Cc1ccc(Cn2nc(C)c(/C=C/C(=O)NCc3ccc(F)cc3)c2C)cc1. The summed E-state index contributed by atoms with van der Waals surface area (Å²) in [5, 5.41) is 7.41. The first kappa shape index (κ1) is 19.5. The number of rotatable bonds is 6. The highest BCUT2D eigenvalue weighted by Gasteiger charge is 2.10. The van der Waals surface area contributed by atoms with Crippen molar-refractivity contribution in [1.29, 1.82) is 0 Å². The summed E-state index contributed by atoms with van der Waals surface area (Å²) in [6, 6.07) is 14.5. The van der Waals surface area contributed by atoms with Crippen LogP contribution in [0.2, 0.25) is 0 Å². The van der Waals surface area contributed by atoms with Gasteiger partial charge in [0.1, 0.15) is 5.82 Å². The van der Waals surface area contributed by atoms with Gasteiger partial charge in [-0.2, -0.15) is 5.10 Å². The van der Waals surface area contributed by atoms with E-state index >= 15 is 0 Å². The molecule has 0 aliphatic heterocycles. The van der Waals surface area contributed by atoms with Crippen LogP contribution in [0.1, 0.15) is 33.6 Å². The third kappa shape index (κ3) is 4.94. The number of hydrogen-bond acceptors (Lipinski definition) is 2. The van der Waals surface area contributed by atoms with E-state index in [-0.39, 0.29) is 11.7 Å². The smallest absolute Gasteiger partial charge is 0.244 e. The molecular weight excluding hydrogens is 353 g/mol. The highest BCUT2D eigenvalue weighted by molar-refractivity contribution is 5.91. The molecule has 28 heavy (non-hydrogen) atoms.